The lowest BCUT2D eigenvalue weighted by atomic mass is 10.1. The number of ether oxygens (including phenoxy) is 1. The Hall–Kier alpha value is -0.190. The molecule has 1 aromatic carbocycles. The van der Waals surface area contributed by atoms with Gasteiger partial charge in [-0.3, -0.25) is 0 Å². The van der Waals surface area contributed by atoms with Crippen molar-refractivity contribution in [3.05, 3.63) is 27.2 Å². The first-order valence-corrected chi connectivity index (χ1v) is 7.03. The first-order chi connectivity index (χ1) is 8.69. The van der Waals surface area contributed by atoms with Gasteiger partial charge in [-0.25, -0.2) is 0 Å². The van der Waals surface area contributed by atoms with Crippen LogP contribution in [-0.4, -0.2) is 29.9 Å². The fourth-order valence-electron chi connectivity index (χ4n) is 1.33. The zero-order chi connectivity index (χ0) is 14.6. The fraction of sp³-hybridized carbons (Fsp3) is 0.538. The van der Waals surface area contributed by atoms with E-state index in [0.717, 1.165) is 0 Å². The van der Waals surface area contributed by atoms with Crippen molar-refractivity contribution in [2.45, 2.75) is 32.4 Å². The topological polar surface area (TPSA) is 41.5 Å². The van der Waals surface area contributed by atoms with Crippen LogP contribution in [0.5, 0.6) is 5.75 Å². The fourth-order valence-corrected chi connectivity index (χ4v) is 2.26. The zero-order valence-corrected chi connectivity index (χ0v) is 13.4. The van der Waals surface area contributed by atoms with Gasteiger partial charge in [-0.2, -0.15) is 0 Å². The molecular formula is C13H18Cl3NO2. The highest BCUT2D eigenvalue weighted by Gasteiger charge is 2.14. The smallest absolute Gasteiger partial charge is 0.156 e. The van der Waals surface area contributed by atoms with Gasteiger partial charge < -0.3 is 15.2 Å². The minimum atomic E-state index is -0.651. The molecule has 0 saturated carbocycles. The molecule has 1 aromatic rings. The summed E-state index contributed by atoms with van der Waals surface area (Å²) in [7, 11) is 0. The monoisotopic (exact) mass is 325 g/mol. The summed E-state index contributed by atoms with van der Waals surface area (Å²) in [5, 5.41) is 14.1. The third-order valence-corrected chi connectivity index (χ3v) is 3.03. The minimum absolute atomic E-state index is 0.0590. The molecule has 0 fully saturated rings. The van der Waals surface area contributed by atoms with Crippen molar-refractivity contribution in [1.29, 1.82) is 0 Å². The van der Waals surface area contributed by atoms with Gasteiger partial charge in [-0.1, -0.05) is 34.8 Å². The highest BCUT2D eigenvalue weighted by Crippen LogP contribution is 2.35. The van der Waals surface area contributed by atoms with Gasteiger partial charge in [-0.05, 0) is 32.9 Å². The number of aliphatic hydroxyl groups is 1. The van der Waals surface area contributed by atoms with E-state index < -0.39 is 6.10 Å². The third kappa shape index (κ3) is 6.19. The molecular weight excluding hydrogens is 309 g/mol. The molecule has 6 heteroatoms. The Morgan fingerprint density at radius 1 is 1.21 bits per heavy atom. The second kappa shape index (κ2) is 7.00. The molecule has 0 heterocycles. The quantitative estimate of drug-likeness (QED) is 0.865. The third-order valence-electron chi connectivity index (χ3n) is 2.25. The number of benzene rings is 1. The first-order valence-electron chi connectivity index (χ1n) is 5.89. The van der Waals surface area contributed by atoms with Gasteiger partial charge in [0.25, 0.3) is 0 Å². The molecule has 0 aliphatic carbocycles. The standard InChI is InChI=1S/C13H18Cl3NO2/c1-13(2,3)17-6-9(18)7-19-12-10(15)4-8(14)5-11(12)16/h4-5,9,17-18H,6-7H2,1-3H3. The van der Waals surface area contributed by atoms with Crippen molar-refractivity contribution in [2.24, 2.45) is 0 Å². The lowest BCUT2D eigenvalue weighted by Gasteiger charge is -2.23. The second-order valence-electron chi connectivity index (χ2n) is 5.29. The maximum atomic E-state index is 9.81. The summed E-state index contributed by atoms with van der Waals surface area (Å²) in [5.41, 5.74) is -0.0590. The molecule has 108 valence electrons. The van der Waals surface area contributed by atoms with E-state index >= 15 is 0 Å². The molecule has 3 nitrogen and oxygen atoms in total. The summed E-state index contributed by atoms with van der Waals surface area (Å²) in [6.07, 6.45) is -0.651. The van der Waals surface area contributed by atoms with Crippen molar-refractivity contribution in [3.8, 4) is 5.75 Å². The Balaban J connectivity index is 2.53. The Morgan fingerprint density at radius 2 is 1.74 bits per heavy atom. The molecule has 2 N–H and O–H groups in total. The number of halogens is 3. The molecule has 0 amide bonds. The summed E-state index contributed by atoms with van der Waals surface area (Å²) in [4.78, 5) is 0. The van der Waals surface area contributed by atoms with E-state index in [4.69, 9.17) is 39.5 Å². The summed E-state index contributed by atoms with van der Waals surface area (Å²) in [6, 6.07) is 3.09. The molecule has 1 unspecified atom stereocenters. The van der Waals surface area contributed by atoms with Gasteiger partial charge in [-0.15, -0.1) is 0 Å². The van der Waals surface area contributed by atoms with Gasteiger partial charge in [0.15, 0.2) is 5.75 Å². The van der Waals surface area contributed by atoms with Gasteiger partial charge in [0.2, 0.25) is 0 Å². The Kier molecular flexibility index (Phi) is 6.21. The van der Waals surface area contributed by atoms with E-state index in [9.17, 15) is 5.11 Å². The van der Waals surface area contributed by atoms with Crippen LogP contribution in [0.1, 0.15) is 20.8 Å². The van der Waals surface area contributed by atoms with Gasteiger partial charge in [0.05, 0.1) is 10.0 Å². The molecule has 0 aliphatic rings. The van der Waals surface area contributed by atoms with Gasteiger partial charge in [0.1, 0.15) is 12.7 Å². The van der Waals surface area contributed by atoms with Crippen molar-refractivity contribution in [2.75, 3.05) is 13.2 Å². The number of aliphatic hydroxyl groups excluding tert-OH is 1. The molecule has 0 bridgehead atoms. The predicted molar refractivity (Wildman–Crippen MR) is 80.7 cm³/mol. The number of nitrogens with one attached hydrogen (secondary N) is 1. The molecule has 0 aliphatic heterocycles. The van der Waals surface area contributed by atoms with Gasteiger partial charge in [0, 0.05) is 17.1 Å². The van der Waals surface area contributed by atoms with Crippen LogP contribution in [0.2, 0.25) is 15.1 Å². The highest BCUT2D eigenvalue weighted by atomic mass is 35.5. The largest absolute Gasteiger partial charge is 0.488 e. The number of β-amino-alcohol motifs (C(OH)–C–C–N with tert-alkyl or cyclic N) is 1. The molecule has 1 rings (SSSR count). The van der Waals surface area contributed by atoms with Gasteiger partial charge >= 0.3 is 0 Å². The second-order valence-corrected chi connectivity index (χ2v) is 6.55. The minimum Gasteiger partial charge on any atom is -0.488 e. The van der Waals surface area contributed by atoms with E-state index in [1.165, 1.54) is 0 Å². The van der Waals surface area contributed by atoms with Crippen molar-refractivity contribution >= 4 is 34.8 Å². The normalized spacial score (nSPS) is 13.4. The Labute approximate surface area is 128 Å². The van der Waals surface area contributed by atoms with E-state index in [1.54, 1.807) is 12.1 Å². The number of rotatable bonds is 5. The number of hydrogen-bond donors (Lipinski definition) is 2. The maximum absolute atomic E-state index is 9.81. The molecule has 0 radical (unpaired) electrons. The van der Waals surface area contributed by atoms with E-state index in [0.29, 0.717) is 27.4 Å². The molecule has 0 spiro atoms. The van der Waals surface area contributed by atoms with E-state index in [1.807, 2.05) is 20.8 Å². The summed E-state index contributed by atoms with van der Waals surface area (Å²) in [5.74, 6) is 0.336. The lowest BCUT2D eigenvalue weighted by Crippen LogP contribution is -2.42. The van der Waals surface area contributed by atoms with E-state index in [-0.39, 0.29) is 12.1 Å². The van der Waals surface area contributed by atoms with Crippen LogP contribution >= 0.6 is 34.8 Å². The summed E-state index contributed by atoms with van der Waals surface area (Å²) < 4.78 is 5.44. The average Bonchev–Trinajstić information content (AvgIpc) is 2.23. The van der Waals surface area contributed by atoms with Crippen molar-refractivity contribution in [1.82, 2.24) is 5.32 Å². The van der Waals surface area contributed by atoms with Crippen LogP contribution in [0, 0.1) is 0 Å². The Bertz CT molecular complexity index is 409. The van der Waals surface area contributed by atoms with Crippen molar-refractivity contribution in [3.63, 3.8) is 0 Å². The highest BCUT2D eigenvalue weighted by molar-refractivity contribution is 6.40. The number of hydrogen-bond acceptors (Lipinski definition) is 3. The summed E-state index contributed by atoms with van der Waals surface area (Å²) in [6.45, 7) is 6.59. The average molecular weight is 327 g/mol. The SMILES string of the molecule is CC(C)(C)NCC(O)COc1c(Cl)cc(Cl)cc1Cl. The van der Waals surface area contributed by atoms with Crippen LogP contribution in [0.25, 0.3) is 0 Å². The van der Waals surface area contributed by atoms with Crippen LogP contribution in [0.4, 0.5) is 0 Å². The predicted octanol–water partition coefficient (Wildman–Crippen LogP) is 3.77. The Morgan fingerprint density at radius 3 is 2.21 bits per heavy atom. The van der Waals surface area contributed by atoms with Crippen molar-refractivity contribution < 1.29 is 9.84 Å². The summed E-state index contributed by atoms with van der Waals surface area (Å²) >= 11 is 17.8. The molecule has 19 heavy (non-hydrogen) atoms. The molecule has 0 aromatic heterocycles. The van der Waals surface area contributed by atoms with Crippen LogP contribution < -0.4 is 10.1 Å². The first kappa shape index (κ1) is 16.9. The van der Waals surface area contributed by atoms with Crippen LogP contribution in [0.3, 0.4) is 0 Å². The van der Waals surface area contributed by atoms with E-state index in [2.05, 4.69) is 5.32 Å². The lowest BCUT2D eigenvalue weighted by molar-refractivity contribution is 0.100. The zero-order valence-electron chi connectivity index (χ0n) is 11.1. The van der Waals surface area contributed by atoms with Crippen LogP contribution in [0.15, 0.2) is 12.1 Å². The van der Waals surface area contributed by atoms with Crippen LogP contribution in [-0.2, 0) is 0 Å². The molecule has 1 atom stereocenters. The maximum Gasteiger partial charge on any atom is 0.156 e. The molecule has 0 saturated heterocycles.